The van der Waals surface area contributed by atoms with Crippen LogP contribution in [0.25, 0.3) is 0 Å². The first kappa shape index (κ1) is 20.4. The molecular formula is C19H20N4O5. The molecule has 0 aliphatic rings. The van der Waals surface area contributed by atoms with E-state index >= 15 is 0 Å². The fourth-order valence-corrected chi connectivity index (χ4v) is 2.00. The molecule has 0 unspecified atom stereocenters. The van der Waals surface area contributed by atoms with Crippen molar-refractivity contribution in [1.29, 1.82) is 0 Å². The zero-order valence-electron chi connectivity index (χ0n) is 15.4. The van der Waals surface area contributed by atoms with Gasteiger partial charge in [0.25, 0.3) is 5.91 Å². The number of nitrogens with one attached hydrogen (secondary N) is 3. The molecule has 0 radical (unpaired) electrons. The lowest BCUT2D eigenvalue weighted by atomic mass is 10.2. The Labute approximate surface area is 161 Å². The van der Waals surface area contributed by atoms with Gasteiger partial charge in [-0.05, 0) is 54.1 Å². The number of rotatable bonds is 7. The van der Waals surface area contributed by atoms with Crippen molar-refractivity contribution in [2.45, 2.75) is 0 Å². The van der Waals surface area contributed by atoms with Crippen LogP contribution in [0.5, 0.6) is 11.5 Å². The molecule has 0 aliphatic heterocycles. The molecule has 0 atom stereocenters. The topological polar surface area (TPSA) is 118 Å². The molecule has 3 N–H and O–H groups in total. The first-order chi connectivity index (χ1) is 13.5. The van der Waals surface area contributed by atoms with Crippen LogP contribution in [0.1, 0.15) is 5.56 Å². The highest BCUT2D eigenvalue weighted by atomic mass is 16.5. The van der Waals surface area contributed by atoms with Crippen LogP contribution in [0.15, 0.2) is 53.6 Å². The highest BCUT2D eigenvalue weighted by Crippen LogP contribution is 2.15. The van der Waals surface area contributed by atoms with Crippen LogP contribution in [-0.2, 0) is 14.4 Å². The van der Waals surface area contributed by atoms with E-state index in [0.29, 0.717) is 22.7 Å². The van der Waals surface area contributed by atoms with Crippen molar-refractivity contribution in [2.24, 2.45) is 5.10 Å². The number of amides is 3. The van der Waals surface area contributed by atoms with Gasteiger partial charge in [0.05, 0.1) is 13.3 Å². The number of ether oxygens (including phenoxy) is 2. The van der Waals surface area contributed by atoms with Gasteiger partial charge in [0.2, 0.25) is 0 Å². The Kier molecular flexibility index (Phi) is 7.53. The van der Waals surface area contributed by atoms with E-state index in [9.17, 15) is 14.4 Å². The predicted octanol–water partition coefficient (Wildman–Crippen LogP) is 0.909. The lowest BCUT2D eigenvalue weighted by Crippen LogP contribution is -2.35. The molecule has 0 bridgehead atoms. The number of anilines is 1. The van der Waals surface area contributed by atoms with E-state index in [-0.39, 0.29) is 12.5 Å². The van der Waals surface area contributed by atoms with Gasteiger partial charge in [-0.1, -0.05) is 0 Å². The molecule has 0 heterocycles. The van der Waals surface area contributed by atoms with Crippen molar-refractivity contribution in [1.82, 2.24) is 10.7 Å². The number of hydrogen-bond donors (Lipinski definition) is 3. The molecule has 146 valence electrons. The smallest absolute Gasteiger partial charge is 0.329 e. The number of hydrazone groups is 1. The molecule has 0 spiro atoms. The normalized spacial score (nSPS) is 10.2. The van der Waals surface area contributed by atoms with Crippen LogP contribution < -0.4 is 25.5 Å². The molecule has 9 nitrogen and oxygen atoms in total. The Morgan fingerprint density at radius 1 is 0.964 bits per heavy atom. The fraction of sp³-hybridized carbons (Fsp3) is 0.158. The number of hydrogen-bond acceptors (Lipinski definition) is 6. The Hall–Kier alpha value is -3.88. The average molecular weight is 384 g/mol. The highest BCUT2D eigenvalue weighted by Gasteiger charge is 2.08. The van der Waals surface area contributed by atoms with Gasteiger partial charge in [0, 0.05) is 12.7 Å². The first-order valence-corrected chi connectivity index (χ1v) is 8.23. The lowest BCUT2D eigenvalue weighted by molar-refractivity contribution is -0.138. The fourth-order valence-electron chi connectivity index (χ4n) is 2.00. The van der Waals surface area contributed by atoms with E-state index in [1.165, 1.54) is 13.3 Å². The van der Waals surface area contributed by atoms with Crippen molar-refractivity contribution < 1.29 is 23.9 Å². The van der Waals surface area contributed by atoms with Crippen LogP contribution >= 0.6 is 0 Å². The summed E-state index contributed by atoms with van der Waals surface area (Å²) in [5.74, 6) is -0.745. The molecular weight excluding hydrogens is 364 g/mol. The summed E-state index contributed by atoms with van der Waals surface area (Å²) in [7, 11) is 2.92. The minimum atomic E-state index is -0.860. The molecule has 2 rings (SSSR count). The van der Waals surface area contributed by atoms with Gasteiger partial charge in [-0.15, -0.1) is 0 Å². The third-order valence-electron chi connectivity index (χ3n) is 3.44. The molecule has 9 heteroatoms. The summed E-state index contributed by atoms with van der Waals surface area (Å²) in [5.41, 5.74) is 3.41. The zero-order chi connectivity index (χ0) is 20.4. The van der Waals surface area contributed by atoms with E-state index in [0.717, 1.165) is 0 Å². The monoisotopic (exact) mass is 384 g/mol. The zero-order valence-corrected chi connectivity index (χ0v) is 15.4. The van der Waals surface area contributed by atoms with E-state index in [1.54, 1.807) is 55.6 Å². The van der Waals surface area contributed by atoms with Gasteiger partial charge >= 0.3 is 11.8 Å². The van der Waals surface area contributed by atoms with E-state index in [2.05, 4.69) is 21.2 Å². The van der Waals surface area contributed by atoms with Crippen LogP contribution in [0.4, 0.5) is 5.69 Å². The van der Waals surface area contributed by atoms with Gasteiger partial charge in [0.1, 0.15) is 11.5 Å². The van der Waals surface area contributed by atoms with Gasteiger partial charge < -0.3 is 20.1 Å². The minimum absolute atomic E-state index is 0.151. The van der Waals surface area contributed by atoms with Gasteiger partial charge in [-0.2, -0.15) is 5.10 Å². The third kappa shape index (κ3) is 6.45. The number of benzene rings is 2. The summed E-state index contributed by atoms with van der Waals surface area (Å²) in [6.45, 7) is -0.151. The molecule has 0 fully saturated rings. The van der Waals surface area contributed by atoms with Crippen molar-refractivity contribution in [2.75, 3.05) is 26.1 Å². The van der Waals surface area contributed by atoms with Crippen molar-refractivity contribution in [3.05, 3.63) is 54.1 Å². The summed E-state index contributed by atoms with van der Waals surface area (Å²) < 4.78 is 10.5. The number of likely N-dealkylation sites (N-methyl/N-ethyl adjacent to an activating group) is 1. The summed E-state index contributed by atoms with van der Waals surface area (Å²) in [6, 6.07) is 13.6. The maximum absolute atomic E-state index is 11.9. The summed E-state index contributed by atoms with van der Waals surface area (Å²) in [4.78, 5) is 34.2. The largest absolute Gasteiger partial charge is 0.497 e. The molecule has 0 saturated carbocycles. The first-order valence-electron chi connectivity index (χ1n) is 8.23. The van der Waals surface area contributed by atoms with Gasteiger partial charge in [0.15, 0.2) is 6.61 Å². The van der Waals surface area contributed by atoms with E-state index < -0.39 is 11.8 Å². The van der Waals surface area contributed by atoms with Crippen LogP contribution in [0.3, 0.4) is 0 Å². The van der Waals surface area contributed by atoms with Crippen LogP contribution in [0.2, 0.25) is 0 Å². The molecule has 2 aromatic carbocycles. The maximum Gasteiger partial charge on any atom is 0.329 e. The molecule has 28 heavy (non-hydrogen) atoms. The maximum atomic E-state index is 11.9. The van der Waals surface area contributed by atoms with Crippen molar-refractivity contribution >= 4 is 29.6 Å². The second-order valence-electron chi connectivity index (χ2n) is 5.41. The number of methoxy groups -OCH3 is 1. The number of carbonyl (C=O) groups excluding carboxylic acids is 3. The summed E-state index contributed by atoms with van der Waals surface area (Å²) in [5, 5.41) is 8.57. The van der Waals surface area contributed by atoms with Crippen molar-refractivity contribution in [3.63, 3.8) is 0 Å². The number of nitrogens with zero attached hydrogens (tertiary/aromatic N) is 1. The minimum Gasteiger partial charge on any atom is -0.497 e. The Morgan fingerprint density at radius 3 is 2.21 bits per heavy atom. The standard InChI is InChI=1S/C19H20N4O5/c1-20-18(25)19(26)23-21-11-13-3-7-16(8-4-13)28-12-17(24)22-14-5-9-15(27-2)10-6-14/h3-11H,12H2,1-2H3,(H,20,25)(H,22,24)(H,23,26)/b21-11-. The van der Waals surface area contributed by atoms with Crippen molar-refractivity contribution in [3.8, 4) is 11.5 Å². The second kappa shape index (κ2) is 10.3. The number of carbonyl (C=O) groups is 3. The molecule has 0 aliphatic carbocycles. The predicted molar refractivity (Wildman–Crippen MR) is 103 cm³/mol. The summed E-state index contributed by atoms with van der Waals surface area (Å²) >= 11 is 0. The third-order valence-corrected chi connectivity index (χ3v) is 3.44. The SMILES string of the molecule is CNC(=O)C(=O)N/N=C\c1ccc(OCC(=O)Nc2ccc(OC)cc2)cc1. The molecule has 2 aromatic rings. The average Bonchev–Trinajstić information content (AvgIpc) is 2.73. The quantitative estimate of drug-likeness (QED) is 0.373. The van der Waals surface area contributed by atoms with Gasteiger partial charge in [-0.25, -0.2) is 5.43 Å². The Bertz CT molecular complexity index is 848. The van der Waals surface area contributed by atoms with Gasteiger partial charge in [-0.3, -0.25) is 14.4 Å². The summed E-state index contributed by atoms with van der Waals surface area (Å²) in [6.07, 6.45) is 1.38. The lowest BCUT2D eigenvalue weighted by Gasteiger charge is -2.08. The Morgan fingerprint density at radius 2 is 1.61 bits per heavy atom. The van der Waals surface area contributed by atoms with E-state index in [1.807, 2.05) is 0 Å². The molecule has 3 amide bonds. The van der Waals surface area contributed by atoms with Crippen LogP contribution in [-0.4, -0.2) is 44.7 Å². The van der Waals surface area contributed by atoms with Crippen LogP contribution in [0, 0.1) is 0 Å². The molecule has 0 aromatic heterocycles. The molecule has 0 saturated heterocycles. The second-order valence-corrected chi connectivity index (χ2v) is 5.41. The van der Waals surface area contributed by atoms with E-state index in [4.69, 9.17) is 9.47 Å². The Balaban J connectivity index is 1.79. The highest BCUT2D eigenvalue weighted by molar-refractivity contribution is 6.34.